The topological polar surface area (TPSA) is 29.0 Å². The van der Waals surface area contributed by atoms with Gasteiger partial charge in [0.05, 0.1) is 0 Å². The van der Waals surface area contributed by atoms with Gasteiger partial charge in [-0.2, -0.15) is 0 Å². The Hall–Kier alpha value is -1.81. The zero-order valence-corrected chi connectivity index (χ0v) is 13.3. The maximum Gasteiger partial charge on any atom is 0.166 e. The van der Waals surface area contributed by atoms with E-state index < -0.39 is 0 Å². The van der Waals surface area contributed by atoms with Crippen molar-refractivity contribution < 1.29 is 0 Å². The van der Waals surface area contributed by atoms with E-state index in [9.17, 15) is 0 Å². The van der Waals surface area contributed by atoms with Crippen LogP contribution >= 0.6 is 12.2 Å². The lowest BCUT2D eigenvalue weighted by atomic mass is 10.2. The van der Waals surface area contributed by atoms with Gasteiger partial charge in [0.1, 0.15) is 0 Å². The molecule has 0 aliphatic heterocycles. The summed E-state index contributed by atoms with van der Waals surface area (Å²) in [5.74, 6) is 0. The lowest BCUT2D eigenvalue weighted by Gasteiger charge is -2.12. The Labute approximate surface area is 131 Å². The van der Waals surface area contributed by atoms with Crippen molar-refractivity contribution in [2.24, 2.45) is 0 Å². The van der Waals surface area contributed by atoms with Crippen LogP contribution in [0.3, 0.4) is 0 Å². The number of nitrogens with zero attached hydrogens (tertiary/aromatic N) is 1. The van der Waals surface area contributed by atoms with Gasteiger partial charge >= 0.3 is 0 Å². The standard InChI is InChI=1S/C17H21N3S/c1-12-3-4-13(2)20(12)16-9-5-14(6-10-16)11-18-17(21)19-15-7-8-15/h3-6,9-10,15H,7-8,11H2,1-2H3,(H2,18,19,21). The summed E-state index contributed by atoms with van der Waals surface area (Å²) in [5, 5.41) is 7.31. The highest BCUT2D eigenvalue weighted by Gasteiger charge is 2.21. The zero-order valence-electron chi connectivity index (χ0n) is 12.5. The van der Waals surface area contributed by atoms with Gasteiger partial charge in [0, 0.05) is 29.7 Å². The third-order valence-corrected chi connectivity index (χ3v) is 4.09. The molecule has 1 aliphatic rings. The smallest absolute Gasteiger partial charge is 0.166 e. The van der Waals surface area contributed by atoms with Crippen LogP contribution in [-0.2, 0) is 6.54 Å². The van der Waals surface area contributed by atoms with Crippen molar-refractivity contribution in [2.45, 2.75) is 39.3 Å². The number of hydrogen-bond acceptors (Lipinski definition) is 1. The SMILES string of the molecule is Cc1ccc(C)n1-c1ccc(CNC(=S)NC2CC2)cc1. The molecule has 1 heterocycles. The third kappa shape index (κ3) is 3.45. The van der Waals surface area contributed by atoms with Gasteiger partial charge in [0.15, 0.2) is 5.11 Å². The van der Waals surface area contributed by atoms with Crippen LogP contribution < -0.4 is 10.6 Å². The number of rotatable bonds is 4. The first kappa shape index (κ1) is 14.1. The van der Waals surface area contributed by atoms with Crippen LogP contribution in [0.15, 0.2) is 36.4 Å². The molecular weight excluding hydrogens is 278 g/mol. The minimum atomic E-state index is 0.604. The normalized spacial score (nSPS) is 14.0. The van der Waals surface area contributed by atoms with E-state index in [1.807, 2.05) is 0 Å². The lowest BCUT2D eigenvalue weighted by molar-refractivity contribution is 0.828. The van der Waals surface area contributed by atoms with Gasteiger partial charge in [0.2, 0.25) is 0 Å². The average Bonchev–Trinajstić information content (AvgIpc) is 3.22. The fraction of sp³-hybridized carbons (Fsp3) is 0.353. The summed E-state index contributed by atoms with van der Waals surface area (Å²) in [7, 11) is 0. The molecule has 0 spiro atoms. The summed E-state index contributed by atoms with van der Waals surface area (Å²) >= 11 is 5.27. The fourth-order valence-corrected chi connectivity index (χ4v) is 2.72. The average molecular weight is 299 g/mol. The molecule has 0 atom stereocenters. The minimum absolute atomic E-state index is 0.604. The van der Waals surface area contributed by atoms with Crippen LogP contribution in [0, 0.1) is 13.8 Å². The third-order valence-electron chi connectivity index (χ3n) is 3.83. The molecule has 0 amide bonds. The van der Waals surface area contributed by atoms with Crippen LogP contribution in [0.25, 0.3) is 5.69 Å². The summed E-state index contributed by atoms with van der Waals surface area (Å²) in [4.78, 5) is 0. The molecule has 0 unspecified atom stereocenters. The minimum Gasteiger partial charge on any atom is -0.360 e. The lowest BCUT2D eigenvalue weighted by Crippen LogP contribution is -2.36. The highest BCUT2D eigenvalue weighted by atomic mass is 32.1. The van der Waals surface area contributed by atoms with Crippen LogP contribution in [0.2, 0.25) is 0 Å². The van der Waals surface area contributed by atoms with E-state index in [0.29, 0.717) is 6.04 Å². The first-order chi connectivity index (χ1) is 10.1. The Bertz CT molecular complexity index is 619. The number of aromatic nitrogens is 1. The Morgan fingerprint density at radius 1 is 1.10 bits per heavy atom. The Morgan fingerprint density at radius 2 is 1.71 bits per heavy atom. The second-order valence-electron chi connectivity index (χ2n) is 5.72. The first-order valence-electron chi connectivity index (χ1n) is 7.42. The molecule has 1 fully saturated rings. The number of benzene rings is 1. The summed E-state index contributed by atoms with van der Waals surface area (Å²) in [5.41, 5.74) is 4.96. The molecule has 110 valence electrons. The van der Waals surface area contributed by atoms with Gasteiger partial charge in [0.25, 0.3) is 0 Å². The van der Waals surface area contributed by atoms with Gasteiger partial charge in [-0.05, 0) is 68.7 Å². The van der Waals surface area contributed by atoms with E-state index in [4.69, 9.17) is 12.2 Å². The van der Waals surface area contributed by atoms with Gasteiger partial charge in [-0.1, -0.05) is 12.1 Å². The van der Waals surface area contributed by atoms with Gasteiger partial charge in [-0.25, -0.2) is 0 Å². The van der Waals surface area contributed by atoms with E-state index in [1.54, 1.807) is 0 Å². The quantitative estimate of drug-likeness (QED) is 0.849. The molecular formula is C17H21N3S. The van der Waals surface area contributed by atoms with E-state index in [1.165, 1.54) is 35.5 Å². The van der Waals surface area contributed by atoms with Crippen molar-refractivity contribution in [2.75, 3.05) is 0 Å². The molecule has 0 saturated heterocycles. The predicted octanol–water partition coefficient (Wildman–Crippen LogP) is 3.22. The van der Waals surface area contributed by atoms with Crippen molar-refractivity contribution in [3.8, 4) is 5.69 Å². The molecule has 1 saturated carbocycles. The van der Waals surface area contributed by atoms with Crippen LogP contribution in [0.1, 0.15) is 29.8 Å². The molecule has 2 N–H and O–H groups in total. The molecule has 4 heteroatoms. The van der Waals surface area contributed by atoms with Crippen molar-refractivity contribution in [1.82, 2.24) is 15.2 Å². The molecule has 3 nitrogen and oxygen atoms in total. The first-order valence-corrected chi connectivity index (χ1v) is 7.83. The molecule has 3 rings (SSSR count). The van der Waals surface area contributed by atoms with Crippen molar-refractivity contribution >= 4 is 17.3 Å². The highest BCUT2D eigenvalue weighted by Crippen LogP contribution is 2.18. The van der Waals surface area contributed by atoms with E-state index in [0.717, 1.165) is 11.7 Å². The molecule has 1 aliphatic carbocycles. The Balaban J connectivity index is 1.62. The second kappa shape index (κ2) is 5.90. The monoisotopic (exact) mass is 299 g/mol. The number of nitrogens with one attached hydrogen (secondary N) is 2. The second-order valence-corrected chi connectivity index (χ2v) is 6.13. The van der Waals surface area contributed by atoms with Crippen molar-refractivity contribution in [1.29, 1.82) is 0 Å². The zero-order chi connectivity index (χ0) is 14.8. The highest BCUT2D eigenvalue weighted by molar-refractivity contribution is 7.80. The maximum atomic E-state index is 5.27. The molecule has 1 aromatic heterocycles. The summed E-state index contributed by atoms with van der Waals surface area (Å²) in [6.45, 7) is 5.03. The summed E-state index contributed by atoms with van der Waals surface area (Å²) < 4.78 is 2.26. The molecule has 1 aromatic carbocycles. The van der Waals surface area contributed by atoms with Gasteiger partial charge in [-0.3, -0.25) is 0 Å². The van der Waals surface area contributed by atoms with Crippen LogP contribution in [0.4, 0.5) is 0 Å². The van der Waals surface area contributed by atoms with Gasteiger partial charge in [-0.15, -0.1) is 0 Å². The van der Waals surface area contributed by atoms with E-state index >= 15 is 0 Å². The fourth-order valence-electron chi connectivity index (χ4n) is 2.49. The number of aryl methyl sites for hydroxylation is 2. The van der Waals surface area contributed by atoms with Crippen LogP contribution in [0.5, 0.6) is 0 Å². The molecule has 0 radical (unpaired) electrons. The largest absolute Gasteiger partial charge is 0.360 e. The summed E-state index contributed by atoms with van der Waals surface area (Å²) in [6.07, 6.45) is 2.48. The Kier molecular flexibility index (Phi) is 3.97. The number of thiocarbonyl (C=S) groups is 1. The van der Waals surface area contributed by atoms with Crippen molar-refractivity contribution in [3.05, 3.63) is 53.3 Å². The Morgan fingerprint density at radius 3 is 2.29 bits per heavy atom. The molecule has 21 heavy (non-hydrogen) atoms. The van der Waals surface area contributed by atoms with E-state index in [2.05, 4.69) is 65.4 Å². The van der Waals surface area contributed by atoms with Crippen LogP contribution in [-0.4, -0.2) is 15.7 Å². The summed E-state index contributed by atoms with van der Waals surface area (Å²) in [6, 6.07) is 13.5. The van der Waals surface area contributed by atoms with E-state index in [-0.39, 0.29) is 0 Å². The molecule has 0 bridgehead atoms. The van der Waals surface area contributed by atoms with Crippen molar-refractivity contribution in [3.63, 3.8) is 0 Å². The predicted molar refractivity (Wildman–Crippen MR) is 90.8 cm³/mol. The maximum absolute atomic E-state index is 5.27. The van der Waals surface area contributed by atoms with Gasteiger partial charge < -0.3 is 15.2 Å². The number of hydrogen-bond donors (Lipinski definition) is 2. The molecule has 2 aromatic rings.